The number of hydrogen-bond donors (Lipinski definition) is 1. The number of likely N-dealkylation sites (N-methyl/N-ethyl adjacent to an activating group) is 1. The Kier molecular flexibility index (Phi) is 47.0. The summed E-state index contributed by atoms with van der Waals surface area (Å²) in [4.78, 5) is 37.4. The number of ether oxygens (including phenoxy) is 4. The quantitative estimate of drug-likeness (QED) is 0.0211. The van der Waals surface area contributed by atoms with E-state index in [2.05, 4.69) is 135 Å². The molecule has 9 nitrogen and oxygen atoms in total. The molecule has 0 aromatic rings. The number of allylic oxidation sites excluding steroid dienone is 20. The predicted molar refractivity (Wildman–Crippen MR) is 290 cm³/mol. The summed E-state index contributed by atoms with van der Waals surface area (Å²) in [7, 11) is 5.94. The molecule has 0 aliphatic rings. The van der Waals surface area contributed by atoms with Crippen LogP contribution >= 0.6 is 0 Å². The van der Waals surface area contributed by atoms with Gasteiger partial charge in [0.25, 0.3) is 6.29 Å². The van der Waals surface area contributed by atoms with Crippen molar-refractivity contribution < 1.29 is 42.9 Å². The van der Waals surface area contributed by atoms with E-state index >= 15 is 0 Å². The molecule has 0 aliphatic carbocycles. The van der Waals surface area contributed by atoms with Gasteiger partial charge in [-0.3, -0.25) is 9.59 Å². The van der Waals surface area contributed by atoms with Gasteiger partial charge in [-0.15, -0.1) is 0 Å². The third-order valence-corrected chi connectivity index (χ3v) is 10.7. The van der Waals surface area contributed by atoms with Crippen LogP contribution in [-0.2, 0) is 33.3 Å². The molecule has 2 unspecified atom stereocenters. The number of nitrogens with zero attached hydrogens (tertiary/aromatic N) is 1. The first kappa shape index (κ1) is 64.7. The molecule has 2 atom stereocenters. The Balaban J connectivity index is 4.41. The highest BCUT2D eigenvalue weighted by molar-refractivity contribution is 5.71. The van der Waals surface area contributed by atoms with Crippen molar-refractivity contribution in [2.24, 2.45) is 0 Å². The lowest BCUT2D eigenvalue weighted by Gasteiger charge is -2.25. The molecule has 390 valence electrons. The van der Waals surface area contributed by atoms with Crippen LogP contribution in [0.1, 0.15) is 181 Å². The maximum absolute atomic E-state index is 12.9. The Bertz CT molecular complexity index is 1540. The van der Waals surface area contributed by atoms with Gasteiger partial charge in [-0.05, 0) is 103 Å². The zero-order chi connectivity index (χ0) is 50.6. The van der Waals surface area contributed by atoms with Gasteiger partial charge in [-0.25, -0.2) is 4.79 Å². The molecule has 0 radical (unpaired) electrons. The molecule has 0 rings (SSSR count). The van der Waals surface area contributed by atoms with Gasteiger partial charge in [0.1, 0.15) is 13.2 Å². The monoisotopic (exact) mass is 961 g/mol. The van der Waals surface area contributed by atoms with Crippen LogP contribution in [0.5, 0.6) is 0 Å². The van der Waals surface area contributed by atoms with Crippen molar-refractivity contribution in [3.63, 3.8) is 0 Å². The van der Waals surface area contributed by atoms with Crippen molar-refractivity contribution in [2.75, 3.05) is 47.5 Å². The van der Waals surface area contributed by atoms with Crippen LogP contribution in [0.2, 0.25) is 0 Å². The van der Waals surface area contributed by atoms with E-state index in [4.69, 9.17) is 18.9 Å². The minimum Gasteiger partial charge on any atom is -0.477 e. The molecule has 0 bridgehead atoms. The van der Waals surface area contributed by atoms with Crippen LogP contribution in [0, 0.1) is 0 Å². The maximum atomic E-state index is 12.9. The minimum atomic E-state index is -1.53. The van der Waals surface area contributed by atoms with Gasteiger partial charge in [0.2, 0.25) is 0 Å². The second-order valence-electron chi connectivity index (χ2n) is 18.4. The number of unbranched alkanes of at least 4 members (excludes halogenated alkanes) is 12. The summed E-state index contributed by atoms with van der Waals surface area (Å²) >= 11 is 0. The topological polar surface area (TPSA) is 108 Å². The Hall–Kier alpha value is -4.31. The van der Waals surface area contributed by atoms with Crippen molar-refractivity contribution in [1.82, 2.24) is 0 Å². The van der Waals surface area contributed by atoms with Gasteiger partial charge >= 0.3 is 17.9 Å². The van der Waals surface area contributed by atoms with Crippen LogP contribution in [-0.4, -0.2) is 87.4 Å². The van der Waals surface area contributed by atoms with E-state index < -0.39 is 24.3 Å². The standard InChI is InChI=1S/C60H97NO8/c1-6-8-10-12-14-16-18-20-22-24-26-28-29-31-33-35-37-39-41-43-45-47-49-51-58(63)69-56(55-68-60(59(64)65)66-53-52-61(3,4)5)54-67-57(62)50-48-46-44-42-40-38-36-34-32-30-27-25-23-21-19-17-15-13-11-9-7-2/h8-11,14-17,20-23,26-28,30-31,33-34,36,56,60H,6-7,12-13,18-19,24-25,29,32,35,37-55H2,1-5H3/p+1/b10-8-,11-9-,16-14-,17-15-,22-20-,23-21-,28-26-,30-27-,33-31-,36-34-. The number of esters is 2. The number of quaternary nitrogens is 1. The third kappa shape index (κ3) is 51.4. The molecule has 9 heteroatoms. The lowest BCUT2D eigenvalue weighted by atomic mass is 10.1. The van der Waals surface area contributed by atoms with Gasteiger partial charge < -0.3 is 28.5 Å². The molecule has 1 N–H and O–H groups in total. The molecular formula is C60H98NO8+. The van der Waals surface area contributed by atoms with Crippen LogP contribution in [0.4, 0.5) is 0 Å². The van der Waals surface area contributed by atoms with E-state index in [9.17, 15) is 19.5 Å². The van der Waals surface area contributed by atoms with Crippen LogP contribution in [0.3, 0.4) is 0 Å². The summed E-state index contributed by atoms with van der Waals surface area (Å²) in [5.41, 5.74) is 0. The predicted octanol–water partition coefficient (Wildman–Crippen LogP) is 15.3. The average molecular weight is 961 g/mol. The van der Waals surface area contributed by atoms with Crippen molar-refractivity contribution in [3.8, 4) is 0 Å². The van der Waals surface area contributed by atoms with Crippen molar-refractivity contribution >= 4 is 17.9 Å². The number of carbonyl (C=O) groups is 3. The lowest BCUT2D eigenvalue weighted by molar-refractivity contribution is -0.870. The SMILES string of the molecule is CC/C=C\C/C=C\C/C=C\C/C=C\C/C=C\CCCCCCCCCC(=O)OC(COC(=O)CCCCCCC/C=C\C/C=C\C/C=C\C/C=C\C/C=C\CC)COC(OCC[N+](C)(C)C)C(=O)O. The van der Waals surface area contributed by atoms with Crippen molar-refractivity contribution in [3.05, 3.63) is 122 Å². The third-order valence-electron chi connectivity index (χ3n) is 10.7. The summed E-state index contributed by atoms with van der Waals surface area (Å²) in [6.07, 6.45) is 66.9. The number of rotatable bonds is 47. The normalized spacial score (nSPS) is 13.8. The second kappa shape index (κ2) is 50.1. The van der Waals surface area contributed by atoms with Gasteiger partial charge in [0.05, 0.1) is 34.4 Å². The molecule has 0 spiro atoms. The number of hydrogen-bond acceptors (Lipinski definition) is 7. The van der Waals surface area contributed by atoms with E-state index in [1.807, 2.05) is 21.1 Å². The molecule has 0 fully saturated rings. The zero-order valence-corrected chi connectivity index (χ0v) is 44.2. The molecule has 0 aliphatic heterocycles. The van der Waals surface area contributed by atoms with Crippen LogP contribution < -0.4 is 0 Å². The minimum absolute atomic E-state index is 0.174. The highest BCUT2D eigenvalue weighted by atomic mass is 16.7. The fraction of sp³-hybridized carbons (Fsp3) is 0.617. The van der Waals surface area contributed by atoms with Crippen molar-refractivity contribution in [1.29, 1.82) is 0 Å². The lowest BCUT2D eigenvalue weighted by Crippen LogP contribution is -2.40. The Morgan fingerprint density at radius 2 is 0.783 bits per heavy atom. The van der Waals surface area contributed by atoms with Crippen LogP contribution in [0.15, 0.2) is 122 Å². The van der Waals surface area contributed by atoms with E-state index in [1.54, 1.807) is 0 Å². The summed E-state index contributed by atoms with van der Waals surface area (Å²) in [6, 6.07) is 0. The Labute approximate surface area is 421 Å². The molecule has 0 saturated heterocycles. The van der Waals surface area contributed by atoms with Gasteiger partial charge in [0, 0.05) is 12.8 Å². The van der Waals surface area contributed by atoms with Crippen molar-refractivity contribution in [2.45, 2.75) is 193 Å². The highest BCUT2D eigenvalue weighted by Crippen LogP contribution is 2.13. The molecular weight excluding hydrogens is 863 g/mol. The van der Waals surface area contributed by atoms with E-state index in [1.165, 1.54) is 19.3 Å². The van der Waals surface area contributed by atoms with E-state index in [-0.39, 0.29) is 38.6 Å². The molecule has 0 heterocycles. The molecule has 69 heavy (non-hydrogen) atoms. The molecule has 0 aromatic heterocycles. The van der Waals surface area contributed by atoms with Gasteiger partial charge in [-0.1, -0.05) is 187 Å². The Morgan fingerprint density at radius 3 is 1.16 bits per heavy atom. The summed E-state index contributed by atoms with van der Waals surface area (Å²) < 4.78 is 22.8. The van der Waals surface area contributed by atoms with E-state index in [0.29, 0.717) is 23.9 Å². The first-order valence-corrected chi connectivity index (χ1v) is 26.7. The van der Waals surface area contributed by atoms with E-state index in [0.717, 1.165) is 122 Å². The smallest absolute Gasteiger partial charge is 0.361 e. The molecule has 0 amide bonds. The summed E-state index contributed by atoms with van der Waals surface area (Å²) in [5.74, 6) is -2.06. The summed E-state index contributed by atoms with van der Waals surface area (Å²) in [5, 5.41) is 9.69. The second-order valence-corrected chi connectivity index (χ2v) is 18.4. The number of carboxylic acid groups (broad SMARTS) is 1. The first-order valence-electron chi connectivity index (χ1n) is 26.7. The fourth-order valence-electron chi connectivity index (χ4n) is 6.65. The largest absolute Gasteiger partial charge is 0.477 e. The molecule has 0 aromatic carbocycles. The van der Waals surface area contributed by atoms with Crippen LogP contribution in [0.25, 0.3) is 0 Å². The fourth-order valence-corrected chi connectivity index (χ4v) is 6.65. The zero-order valence-electron chi connectivity index (χ0n) is 44.2. The summed E-state index contributed by atoms with van der Waals surface area (Å²) in [6.45, 7) is 4.59. The van der Waals surface area contributed by atoms with Gasteiger partial charge in [-0.2, -0.15) is 0 Å². The van der Waals surface area contributed by atoms with Gasteiger partial charge in [0.15, 0.2) is 6.10 Å². The molecule has 0 saturated carbocycles. The average Bonchev–Trinajstić information content (AvgIpc) is 3.31. The number of aliphatic carboxylic acids is 1. The number of carbonyl (C=O) groups excluding carboxylic acids is 2. The highest BCUT2D eigenvalue weighted by Gasteiger charge is 2.25. The Morgan fingerprint density at radius 1 is 0.435 bits per heavy atom. The first-order chi connectivity index (χ1) is 33.6. The number of carboxylic acids is 1. The maximum Gasteiger partial charge on any atom is 0.361 e.